The van der Waals surface area contributed by atoms with Crippen LogP contribution < -0.4 is 10.6 Å². The van der Waals surface area contributed by atoms with E-state index in [4.69, 9.17) is 0 Å². The number of nitro benzene ring substituents is 1. The van der Waals surface area contributed by atoms with E-state index >= 15 is 0 Å². The number of non-ortho nitro benzene ring substituents is 1. The molecule has 0 aliphatic rings. The molecule has 0 saturated carbocycles. The van der Waals surface area contributed by atoms with Crippen LogP contribution in [0.15, 0.2) is 54.6 Å². The molecule has 0 aliphatic carbocycles. The summed E-state index contributed by atoms with van der Waals surface area (Å²) >= 11 is 0. The summed E-state index contributed by atoms with van der Waals surface area (Å²) in [5.41, 5.74) is 1.53. The number of hydrogen-bond donors (Lipinski definition) is 2. The third-order valence-electron chi connectivity index (χ3n) is 3.32. The molecule has 3 N–H and O–H groups in total. The van der Waals surface area contributed by atoms with Crippen molar-refractivity contribution >= 4 is 17.3 Å². The summed E-state index contributed by atoms with van der Waals surface area (Å²) in [5.74, 6) is -0.191. The molecule has 0 aliphatic heterocycles. The van der Waals surface area contributed by atoms with Crippen LogP contribution in [-0.4, -0.2) is 17.4 Å². The van der Waals surface area contributed by atoms with Crippen molar-refractivity contribution in [1.82, 2.24) is 0 Å². The Morgan fingerprint density at radius 2 is 1.95 bits per heavy atom. The average Bonchev–Trinajstić information content (AvgIpc) is 2.53. The standard InChI is InChI=1S/C16H17N3O3/c1-12(13-6-3-2-4-7-13)17-11-16(20)18-14-8-5-9-15(10-14)19(21)22/h2-10,12,17H,11H2,1H3,(H,18,20)/p+1/t12-/m1/s1. The summed E-state index contributed by atoms with van der Waals surface area (Å²) in [4.78, 5) is 22.1. The van der Waals surface area contributed by atoms with Crippen LogP contribution in [0.1, 0.15) is 18.5 Å². The van der Waals surface area contributed by atoms with Gasteiger partial charge in [-0.15, -0.1) is 0 Å². The molecule has 0 saturated heterocycles. The van der Waals surface area contributed by atoms with E-state index in [1.807, 2.05) is 42.6 Å². The first-order chi connectivity index (χ1) is 10.6. The van der Waals surface area contributed by atoms with Gasteiger partial charge in [-0.2, -0.15) is 0 Å². The lowest BCUT2D eigenvalue weighted by Crippen LogP contribution is -2.86. The van der Waals surface area contributed by atoms with Crippen LogP contribution in [0.4, 0.5) is 11.4 Å². The van der Waals surface area contributed by atoms with E-state index in [1.165, 1.54) is 12.1 Å². The van der Waals surface area contributed by atoms with Crippen LogP contribution in [0.5, 0.6) is 0 Å². The highest BCUT2D eigenvalue weighted by molar-refractivity contribution is 5.91. The number of benzene rings is 2. The Balaban J connectivity index is 1.88. The normalized spacial score (nSPS) is 11.7. The fourth-order valence-electron chi connectivity index (χ4n) is 2.09. The van der Waals surface area contributed by atoms with Gasteiger partial charge in [0.05, 0.1) is 4.92 Å². The molecule has 0 radical (unpaired) electrons. The van der Waals surface area contributed by atoms with Crippen molar-refractivity contribution in [2.45, 2.75) is 13.0 Å². The molecule has 0 bridgehead atoms. The number of quaternary nitrogens is 1. The average molecular weight is 300 g/mol. The molecule has 1 amide bonds. The van der Waals surface area contributed by atoms with Gasteiger partial charge in [0, 0.05) is 23.4 Å². The van der Waals surface area contributed by atoms with Gasteiger partial charge in [0.2, 0.25) is 0 Å². The number of carbonyl (C=O) groups is 1. The van der Waals surface area contributed by atoms with Crippen LogP contribution in [0.25, 0.3) is 0 Å². The lowest BCUT2D eigenvalue weighted by molar-refractivity contribution is -0.682. The summed E-state index contributed by atoms with van der Waals surface area (Å²) in [6.45, 7) is 2.27. The number of nitrogens with zero attached hydrogens (tertiary/aromatic N) is 1. The number of nitrogens with two attached hydrogens (primary N) is 1. The first-order valence-corrected chi connectivity index (χ1v) is 6.99. The summed E-state index contributed by atoms with van der Waals surface area (Å²) in [6.07, 6.45) is 0. The lowest BCUT2D eigenvalue weighted by Gasteiger charge is -2.11. The first-order valence-electron chi connectivity index (χ1n) is 6.99. The quantitative estimate of drug-likeness (QED) is 0.630. The Morgan fingerprint density at radius 3 is 2.64 bits per heavy atom. The van der Waals surface area contributed by atoms with Crippen molar-refractivity contribution < 1.29 is 15.0 Å². The molecule has 6 heteroatoms. The fraction of sp³-hybridized carbons (Fsp3) is 0.188. The topological polar surface area (TPSA) is 88.8 Å². The minimum atomic E-state index is -0.487. The van der Waals surface area contributed by atoms with Crippen molar-refractivity contribution in [2.24, 2.45) is 0 Å². The minimum absolute atomic E-state index is 0.0422. The van der Waals surface area contributed by atoms with Crippen LogP contribution in [0, 0.1) is 10.1 Å². The van der Waals surface area contributed by atoms with E-state index in [0.29, 0.717) is 5.69 Å². The summed E-state index contributed by atoms with van der Waals surface area (Å²) in [6, 6.07) is 16.0. The Bertz CT molecular complexity index is 659. The second-order valence-electron chi connectivity index (χ2n) is 4.99. The van der Waals surface area contributed by atoms with E-state index in [9.17, 15) is 14.9 Å². The zero-order valence-corrected chi connectivity index (χ0v) is 12.2. The largest absolute Gasteiger partial charge is 0.333 e. The number of nitrogens with one attached hydrogen (secondary N) is 1. The van der Waals surface area contributed by atoms with E-state index < -0.39 is 4.92 Å². The van der Waals surface area contributed by atoms with Crippen LogP contribution >= 0.6 is 0 Å². The Hall–Kier alpha value is -2.73. The monoisotopic (exact) mass is 300 g/mol. The predicted octanol–water partition coefficient (Wildman–Crippen LogP) is 1.86. The molecule has 2 aromatic carbocycles. The van der Waals surface area contributed by atoms with E-state index in [0.717, 1.165) is 5.56 Å². The van der Waals surface area contributed by atoms with Crippen molar-refractivity contribution in [3.63, 3.8) is 0 Å². The number of hydrogen-bond acceptors (Lipinski definition) is 3. The molecule has 1 atom stereocenters. The van der Waals surface area contributed by atoms with Gasteiger partial charge >= 0.3 is 0 Å². The van der Waals surface area contributed by atoms with Gasteiger partial charge in [0.25, 0.3) is 11.6 Å². The van der Waals surface area contributed by atoms with Gasteiger partial charge in [-0.05, 0) is 13.0 Å². The third kappa shape index (κ3) is 4.39. The maximum atomic E-state index is 11.9. The second kappa shape index (κ2) is 7.33. The van der Waals surface area contributed by atoms with E-state index in [2.05, 4.69) is 5.32 Å². The lowest BCUT2D eigenvalue weighted by atomic mass is 10.1. The van der Waals surface area contributed by atoms with Crippen LogP contribution in [0.3, 0.4) is 0 Å². The molecule has 0 unspecified atom stereocenters. The number of anilines is 1. The number of amides is 1. The van der Waals surface area contributed by atoms with Crippen molar-refractivity contribution in [3.05, 3.63) is 70.3 Å². The molecule has 0 fully saturated rings. The molecule has 2 aromatic rings. The summed E-state index contributed by atoms with van der Waals surface area (Å²) in [7, 11) is 0. The highest BCUT2D eigenvalue weighted by Gasteiger charge is 2.12. The summed E-state index contributed by atoms with van der Waals surface area (Å²) in [5, 5.41) is 15.3. The minimum Gasteiger partial charge on any atom is -0.333 e. The third-order valence-corrected chi connectivity index (χ3v) is 3.32. The van der Waals surface area contributed by atoms with Gasteiger partial charge in [0.15, 0.2) is 6.54 Å². The molecule has 0 aromatic heterocycles. The maximum Gasteiger partial charge on any atom is 0.279 e. The Labute approximate surface area is 128 Å². The van der Waals surface area contributed by atoms with Crippen molar-refractivity contribution in [1.29, 1.82) is 0 Å². The SMILES string of the molecule is C[C@@H]([NH2+]CC(=O)Nc1cccc([N+](=O)[O-])c1)c1ccccc1. The molecule has 6 nitrogen and oxygen atoms in total. The second-order valence-corrected chi connectivity index (χ2v) is 4.99. The molecule has 2 rings (SSSR count). The molecular weight excluding hydrogens is 282 g/mol. The van der Waals surface area contributed by atoms with Crippen LogP contribution in [0.2, 0.25) is 0 Å². The number of carbonyl (C=O) groups excluding carboxylic acids is 1. The van der Waals surface area contributed by atoms with E-state index in [-0.39, 0.29) is 24.2 Å². The zero-order chi connectivity index (χ0) is 15.9. The van der Waals surface area contributed by atoms with Crippen LogP contribution in [-0.2, 0) is 4.79 Å². The summed E-state index contributed by atoms with van der Waals surface area (Å²) < 4.78 is 0. The Kier molecular flexibility index (Phi) is 5.21. The molecule has 114 valence electrons. The number of nitro groups is 1. The highest BCUT2D eigenvalue weighted by atomic mass is 16.6. The number of rotatable bonds is 6. The smallest absolute Gasteiger partial charge is 0.279 e. The van der Waals surface area contributed by atoms with Gasteiger partial charge in [-0.3, -0.25) is 14.9 Å². The van der Waals surface area contributed by atoms with Gasteiger partial charge in [-0.1, -0.05) is 36.4 Å². The predicted molar refractivity (Wildman–Crippen MR) is 83.4 cm³/mol. The first kappa shape index (κ1) is 15.7. The molecule has 22 heavy (non-hydrogen) atoms. The van der Waals surface area contributed by atoms with Gasteiger partial charge < -0.3 is 10.6 Å². The van der Waals surface area contributed by atoms with Gasteiger partial charge in [-0.25, -0.2) is 0 Å². The zero-order valence-electron chi connectivity index (χ0n) is 12.2. The van der Waals surface area contributed by atoms with Crippen molar-refractivity contribution in [3.8, 4) is 0 Å². The van der Waals surface area contributed by atoms with Gasteiger partial charge in [0.1, 0.15) is 6.04 Å². The molecule has 0 heterocycles. The molecular formula is C16H18N3O3+. The van der Waals surface area contributed by atoms with Crippen molar-refractivity contribution in [2.75, 3.05) is 11.9 Å². The van der Waals surface area contributed by atoms with E-state index in [1.54, 1.807) is 12.1 Å². The highest BCUT2D eigenvalue weighted by Crippen LogP contribution is 2.16. The fourth-order valence-corrected chi connectivity index (χ4v) is 2.09. The maximum absolute atomic E-state index is 11.9. The molecule has 0 spiro atoms. The Morgan fingerprint density at radius 1 is 1.23 bits per heavy atom.